The number of hydrogen-bond donors (Lipinski definition) is 2. The first kappa shape index (κ1) is 17.9. The smallest absolute Gasteiger partial charge is 0.253 e. The van der Waals surface area contributed by atoms with Crippen molar-refractivity contribution in [1.29, 1.82) is 0 Å². The number of nitrogens with one attached hydrogen (secondary N) is 2. The number of fused-ring (bicyclic) bond motifs is 1. The van der Waals surface area contributed by atoms with Crippen molar-refractivity contribution >= 4 is 23.4 Å². The summed E-state index contributed by atoms with van der Waals surface area (Å²) in [7, 11) is 0. The van der Waals surface area contributed by atoms with Gasteiger partial charge < -0.3 is 10.6 Å². The molecular weight excluding hydrogens is 360 g/mol. The van der Waals surface area contributed by atoms with E-state index in [0.717, 1.165) is 30.0 Å². The minimum atomic E-state index is -0.0193. The number of nitrogens with zero attached hydrogens (tertiary/aromatic N) is 4. The summed E-state index contributed by atoms with van der Waals surface area (Å²) in [6.07, 6.45) is 0. The fourth-order valence-corrected chi connectivity index (χ4v) is 3.87. The van der Waals surface area contributed by atoms with Crippen LogP contribution in [0.25, 0.3) is 5.78 Å². The highest BCUT2D eigenvalue weighted by atomic mass is 32.2. The van der Waals surface area contributed by atoms with Crippen LogP contribution in [0.4, 0.5) is 0 Å². The molecule has 140 valence electrons. The molecule has 27 heavy (non-hydrogen) atoms. The van der Waals surface area contributed by atoms with Gasteiger partial charge in [-0.3, -0.25) is 4.79 Å². The Kier molecular flexibility index (Phi) is 5.09. The average Bonchev–Trinajstić information content (AvgIpc) is 3.02. The molecule has 1 amide bonds. The van der Waals surface area contributed by atoms with Gasteiger partial charge in [-0.25, -0.2) is 9.50 Å². The number of benzene rings is 1. The van der Waals surface area contributed by atoms with Crippen LogP contribution < -0.4 is 10.6 Å². The molecule has 0 spiro atoms. The molecule has 1 fully saturated rings. The van der Waals surface area contributed by atoms with Gasteiger partial charge in [-0.15, -0.1) is 5.10 Å². The number of rotatable bonds is 6. The molecule has 0 unspecified atom stereocenters. The molecule has 1 aliphatic rings. The molecule has 8 heteroatoms. The fraction of sp³-hybridized carbons (Fsp3) is 0.368. The summed E-state index contributed by atoms with van der Waals surface area (Å²) in [5.41, 5.74) is 3.62. The Hall–Kier alpha value is -2.45. The van der Waals surface area contributed by atoms with Gasteiger partial charge >= 0.3 is 0 Å². The molecule has 0 radical (unpaired) electrons. The van der Waals surface area contributed by atoms with Crippen LogP contribution in [0.15, 0.2) is 35.5 Å². The molecule has 0 atom stereocenters. The number of carbonyl (C=O) groups is 1. The molecular formula is C19H22N6OS. The van der Waals surface area contributed by atoms with E-state index in [1.54, 1.807) is 4.52 Å². The van der Waals surface area contributed by atoms with Crippen LogP contribution in [-0.2, 0) is 5.75 Å². The minimum Gasteiger partial charge on any atom is -0.352 e. The Bertz CT molecular complexity index is 981. The third-order valence-electron chi connectivity index (χ3n) is 4.63. The number of aryl methyl sites for hydroxylation is 2. The summed E-state index contributed by atoms with van der Waals surface area (Å²) < 4.78 is 1.75. The first-order valence-electron chi connectivity index (χ1n) is 9.01. The van der Waals surface area contributed by atoms with Gasteiger partial charge in [0.2, 0.25) is 5.16 Å². The van der Waals surface area contributed by atoms with Crippen LogP contribution in [0.2, 0.25) is 0 Å². The lowest BCUT2D eigenvalue weighted by Gasteiger charge is -2.27. The van der Waals surface area contributed by atoms with Crippen molar-refractivity contribution in [3.8, 4) is 0 Å². The lowest BCUT2D eigenvalue weighted by atomic mass is 10.0. The number of amides is 1. The second-order valence-corrected chi connectivity index (χ2v) is 7.77. The summed E-state index contributed by atoms with van der Waals surface area (Å²) in [5.74, 6) is 1.75. The normalized spacial score (nSPS) is 14.3. The van der Waals surface area contributed by atoms with Crippen molar-refractivity contribution in [2.24, 2.45) is 5.92 Å². The third kappa shape index (κ3) is 3.96. The van der Waals surface area contributed by atoms with E-state index in [0.29, 0.717) is 34.7 Å². The Morgan fingerprint density at radius 3 is 2.89 bits per heavy atom. The predicted octanol–water partition coefficient (Wildman–Crippen LogP) is 1.98. The average molecular weight is 382 g/mol. The summed E-state index contributed by atoms with van der Waals surface area (Å²) >= 11 is 1.51. The molecule has 1 saturated heterocycles. The maximum absolute atomic E-state index is 12.6. The number of hydrogen-bond acceptors (Lipinski definition) is 6. The van der Waals surface area contributed by atoms with E-state index in [4.69, 9.17) is 0 Å². The maximum Gasteiger partial charge on any atom is 0.253 e. The van der Waals surface area contributed by atoms with Crippen molar-refractivity contribution in [3.05, 3.63) is 52.8 Å². The SMILES string of the molecule is Cc1cc(C)n2nc(SCc3ccccc3C(=O)NCC3CNC3)nc2n1. The highest BCUT2D eigenvalue weighted by Crippen LogP contribution is 2.23. The second kappa shape index (κ2) is 7.66. The van der Waals surface area contributed by atoms with Crippen LogP contribution in [0.3, 0.4) is 0 Å². The molecule has 2 aromatic heterocycles. The van der Waals surface area contributed by atoms with E-state index in [1.165, 1.54) is 11.8 Å². The van der Waals surface area contributed by atoms with E-state index in [-0.39, 0.29) is 5.91 Å². The first-order valence-corrected chi connectivity index (χ1v) is 9.99. The summed E-state index contributed by atoms with van der Waals surface area (Å²) in [6, 6.07) is 9.68. The van der Waals surface area contributed by atoms with Crippen molar-refractivity contribution in [3.63, 3.8) is 0 Å². The zero-order chi connectivity index (χ0) is 18.8. The Balaban J connectivity index is 1.46. The molecule has 0 bridgehead atoms. The summed E-state index contributed by atoms with van der Waals surface area (Å²) in [5, 5.41) is 11.4. The van der Waals surface area contributed by atoms with Crippen molar-refractivity contribution in [2.45, 2.75) is 24.8 Å². The molecule has 7 nitrogen and oxygen atoms in total. The number of aromatic nitrogens is 4. The van der Waals surface area contributed by atoms with Crippen LogP contribution >= 0.6 is 11.8 Å². The van der Waals surface area contributed by atoms with Gasteiger partial charge in [0.1, 0.15) is 0 Å². The predicted molar refractivity (Wildman–Crippen MR) is 105 cm³/mol. The molecule has 0 saturated carbocycles. The van der Waals surface area contributed by atoms with E-state index in [9.17, 15) is 4.79 Å². The standard InChI is InChI=1S/C19H22N6OS/c1-12-7-13(2)25-18(22-12)23-19(24-25)27-11-15-5-3-4-6-16(15)17(26)21-10-14-8-20-9-14/h3-7,14,20H,8-11H2,1-2H3,(H,21,26). The summed E-state index contributed by atoms with van der Waals surface area (Å²) in [4.78, 5) is 21.5. The third-order valence-corrected chi connectivity index (χ3v) is 5.52. The largest absolute Gasteiger partial charge is 0.352 e. The van der Waals surface area contributed by atoms with Crippen molar-refractivity contribution in [1.82, 2.24) is 30.2 Å². The van der Waals surface area contributed by atoms with E-state index < -0.39 is 0 Å². The highest BCUT2D eigenvalue weighted by molar-refractivity contribution is 7.98. The lowest BCUT2D eigenvalue weighted by molar-refractivity contribution is 0.0941. The number of carbonyl (C=O) groups excluding carboxylic acids is 1. The highest BCUT2D eigenvalue weighted by Gasteiger charge is 2.19. The monoisotopic (exact) mass is 382 g/mol. The zero-order valence-corrected chi connectivity index (χ0v) is 16.2. The lowest BCUT2D eigenvalue weighted by Crippen LogP contribution is -2.48. The van der Waals surface area contributed by atoms with Crippen LogP contribution in [0.5, 0.6) is 0 Å². The van der Waals surface area contributed by atoms with Crippen LogP contribution in [0, 0.1) is 19.8 Å². The Morgan fingerprint density at radius 2 is 2.11 bits per heavy atom. The van der Waals surface area contributed by atoms with Gasteiger partial charge in [0.15, 0.2) is 0 Å². The quantitative estimate of drug-likeness (QED) is 0.634. The molecule has 4 rings (SSSR count). The van der Waals surface area contributed by atoms with E-state index >= 15 is 0 Å². The number of thioether (sulfide) groups is 1. The van der Waals surface area contributed by atoms with Gasteiger partial charge in [0.25, 0.3) is 11.7 Å². The Labute approximate surface area is 162 Å². The Morgan fingerprint density at radius 1 is 1.30 bits per heavy atom. The second-order valence-electron chi connectivity index (χ2n) is 6.83. The maximum atomic E-state index is 12.6. The molecule has 1 aliphatic heterocycles. The molecule has 2 N–H and O–H groups in total. The van der Waals surface area contributed by atoms with Crippen LogP contribution in [-0.4, -0.2) is 45.1 Å². The molecule has 0 aliphatic carbocycles. The summed E-state index contributed by atoms with van der Waals surface area (Å²) in [6.45, 7) is 6.60. The fourth-order valence-electron chi connectivity index (χ4n) is 3.04. The van der Waals surface area contributed by atoms with E-state index in [1.807, 2.05) is 44.2 Å². The van der Waals surface area contributed by atoms with Gasteiger partial charge in [-0.1, -0.05) is 30.0 Å². The zero-order valence-electron chi connectivity index (χ0n) is 15.4. The van der Waals surface area contributed by atoms with E-state index in [2.05, 4.69) is 25.7 Å². The topological polar surface area (TPSA) is 84.2 Å². The molecule has 1 aromatic carbocycles. The molecule has 3 heterocycles. The van der Waals surface area contributed by atoms with Gasteiger partial charge in [0, 0.05) is 48.3 Å². The molecule has 3 aromatic rings. The van der Waals surface area contributed by atoms with Crippen molar-refractivity contribution in [2.75, 3.05) is 19.6 Å². The van der Waals surface area contributed by atoms with Gasteiger partial charge in [-0.05, 0) is 31.5 Å². The van der Waals surface area contributed by atoms with Crippen molar-refractivity contribution < 1.29 is 4.79 Å². The van der Waals surface area contributed by atoms with Gasteiger partial charge in [0.05, 0.1) is 0 Å². The van der Waals surface area contributed by atoms with Gasteiger partial charge in [-0.2, -0.15) is 4.98 Å². The first-order chi connectivity index (χ1) is 13.1. The minimum absolute atomic E-state index is 0.0193. The van der Waals surface area contributed by atoms with Crippen LogP contribution in [0.1, 0.15) is 27.3 Å².